The van der Waals surface area contributed by atoms with E-state index in [0.29, 0.717) is 6.04 Å². The van der Waals surface area contributed by atoms with Crippen LogP contribution in [0.4, 0.5) is 0 Å². The van der Waals surface area contributed by atoms with Gasteiger partial charge >= 0.3 is 0 Å². The van der Waals surface area contributed by atoms with Crippen LogP contribution in [0.5, 0.6) is 0 Å². The second kappa shape index (κ2) is 8.41. The summed E-state index contributed by atoms with van der Waals surface area (Å²) in [6, 6.07) is 0.486. The van der Waals surface area contributed by atoms with Crippen molar-refractivity contribution >= 4 is 11.8 Å². The molecule has 1 atom stereocenters. The van der Waals surface area contributed by atoms with Crippen LogP contribution in [0.15, 0.2) is 0 Å². The van der Waals surface area contributed by atoms with Crippen LogP contribution in [-0.4, -0.2) is 30.3 Å². The van der Waals surface area contributed by atoms with E-state index in [1.54, 1.807) is 0 Å². The summed E-state index contributed by atoms with van der Waals surface area (Å²) in [6.07, 6.45) is 10.8. The van der Waals surface area contributed by atoms with Crippen molar-refractivity contribution in [3.05, 3.63) is 0 Å². The summed E-state index contributed by atoms with van der Waals surface area (Å²) in [6.45, 7) is 1.88. The second-order valence-electron chi connectivity index (χ2n) is 5.75. The maximum Gasteiger partial charge on any atom is 0.0468 e. The lowest BCUT2D eigenvalue weighted by Crippen LogP contribution is -2.39. The molecule has 1 saturated heterocycles. The van der Waals surface area contributed by atoms with Crippen LogP contribution in [0.3, 0.4) is 0 Å². The minimum Gasteiger partial charge on any atom is -0.381 e. The van der Waals surface area contributed by atoms with Crippen LogP contribution in [0.2, 0.25) is 0 Å². The smallest absolute Gasteiger partial charge is 0.0468 e. The van der Waals surface area contributed by atoms with Gasteiger partial charge in [0.05, 0.1) is 0 Å². The lowest BCUT2D eigenvalue weighted by Gasteiger charge is -2.28. The fourth-order valence-corrected chi connectivity index (χ4v) is 4.46. The molecule has 106 valence electrons. The van der Waals surface area contributed by atoms with Crippen LogP contribution < -0.4 is 11.3 Å². The highest BCUT2D eigenvalue weighted by Gasteiger charge is 2.20. The Morgan fingerprint density at radius 3 is 2.50 bits per heavy atom. The topological polar surface area (TPSA) is 47.3 Å². The third kappa shape index (κ3) is 5.08. The van der Waals surface area contributed by atoms with Crippen molar-refractivity contribution in [2.45, 2.75) is 62.7 Å². The SMILES string of the molecule is NNC(CSC1CCCCC1)CC1CCOCC1. The fraction of sp³-hybridized carbons (Fsp3) is 1.00. The molecule has 1 aliphatic carbocycles. The van der Waals surface area contributed by atoms with E-state index in [1.807, 2.05) is 0 Å². The number of hydrazine groups is 1. The first-order valence-electron chi connectivity index (χ1n) is 7.54. The van der Waals surface area contributed by atoms with E-state index in [2.05, 4.69) is 17.2 Å². The second-order valence-corrected chi connectivity index (χ2v) is 7.08. The summed E-state index contributed by atoms with van der Waals surface area (Å²) in [5.74, 6) is 7.70. The third-order valence-electron chi connectivity index (χ3n) is 4.28. The van der Waals surface area contributed by atoms with Gasteiger partial charge in [-0.2, -0.15) is 11.8 Å². The molecule has 3 N–H and O–H groups in total. The number of nitrogens with one attached hydrogen (secondary N) is 1. The van der Waals surface area contributed by atoms with E-state index in [0.717, 1.165) is 24.4 Å². The highest BCUT2D eigenvalue weighted by atomic mass is 32.2. The van der Waals surface area contributed by atoms with Gasteiger partial charge in [0.2, 0.25) is 0 Å². The Labute approximate surface area is 116 Å². The van der Waals surface area contributed by atoms with Crippen LogP contribution in [0.1, 0.15) is 51.4 Å². The van der Waals surface area contributed by atoms with Gasteiger partial charge in [0.15, 0.2) is 0 Å². The zero-order valence-electron chi connectivity index (χ0n) is 11.4. The molecule has 0 aromatic rings. The molecular formula is C14H28N2OS. The van der Waals surface area contributed by atoms with Crippen molar-refractivity contribution in [3.63, 3.8) is 0 Å². The van der Waals surface area contributed by atoms with E-state index in [1.165, 1.54) is 57.1 Å². The lowest BCUT2D eigenvalue weighted by atomic mass is 9.93. The third-order valence-corrected chi connectivity index (χ3v) is 5.82. The van der Waals surface area contributed by atoms with Crippen molar-refractivity contribution < 1.29 is 4.74 Å². The Morgan fingerprint density at radius 2 is 1.83 bits per heavy atom. The normalized spacial score (nSPS) is 25.2. The van der Waals surface area contributed by atoms with Gasteiger partial charge in [-0.3, -0.25) is 11.3 Å². The Hall–Kier alpha value is 0.230. The molecule has 3 nitrogen and oxygen atoms in total. The molecule has 4 heteroatoms. The number of ether oxygens (including phenoxy) is 1. The number of thioether (sulfide) groups is 1. The molecule has 0 aromatic carbocycles. The van der Waals surface area contributed by atoms with Crippen molar-refractivity contribution in [2.24, 2.45) is 11.8 Å². The van der Waals surface area contributed by atoms with Gasteiger partial charge in [-0.05, 0) is 38.0 Å². The lowest BCUT2D eigenvalue weighted by molar-refractivity contribution is 0.0613. The van der Waals surface area contributed by atoms with E-state index in [9.17, 15) is 0 Å². The zero-order valence-corrected chi connectivity index (χ0v) is 12.2. The van der Waals surface area contributed by atoms with Crippen LogP contribution >= 0.6 is 11.8 Å². The average Bonchev–Trinajstić information content (AvgIpc) is 2.45. The molecule has 1 heterocycles. The molecule has 18 heavy (non-hydrogen) atoms. The van der Waals surface area contributed by atoms with Gasteiger partial charge in [0.25, 0.3) is 0 Å². The fourth-order valence-electron chi connectivity index (χ4n) is 3.05. The molecule has 2 fully saturated rings. The molecule has 2 aliphatic rings. The molecule has 0 amide bonds. The first kappa shape index (κ1) is 14.6. The zero-order chi connectivity index (χ0) is 12.6. The van der Waals surface area contributed by atoms with Gasteiger partial charge in [0.1, 0.15) is 0 Å². The summed E-state index contributed by atoms with van der Waals surface area (Å²) < 4.78 is 5.41. The number of nitrogens with two attached hydrogens (primary N) is 1. The van der Waals surface area contributed by atoms with Crippen LogP contribution in [0.25, 0.3) is 0 Å². The maximum atomic E-state index is 5.71. The Balaban J connectivity index is 1.64. The van der Waals surface area contributed by atoms with Gasteiger partial charge < -0.3 is 4.74 Å². The highest BCUT2D eigenvalue weighted by Crippen LogP contribution is 2.29. The average molecular weight is 272 g/mol. The first-order chi connectivity index (χ1) is 8.88. The predicted octanol–water partition coefficient (Wildman–Crippen LogP) is 2.70. The standard InChI is InChI=1S/C14H28N2OS/c15-16-13(10-12-6-8-17-9-7-12)11-18-14-4-2-1-3-5-14/h12-14,16H,1-11,15H2. The molecule has 2 rings (SSSR count). The Morgan fingerprint density at radius 1 is 1.11 bits per heavy atom. The molecule has 0 aromatic heterocycles. The number of hydrogen-bond donors (Lipinski definition) is 2. The van der Waals surface area contributed by atoms with E-state index >= 15 is 0 Å². The summed E-state index contributed by atoms with van der Waals surface area (Å²) in [5.41, 5.74) is 3.03. The first-order valence-corrected chi connectivity index (χ1v) is 8.59. The van der Waals surface area contributed by atoms with Crippen molar-refractivity contribution in [3.8, 4) is 0 Å². The molecule has 0 spiro atoms. The predicted molar refractivity (Wildman–Crippen MR) is 78.6 cm³/mol. The Kier molecular flexibility index (Phi) is 6.84. The van der Waals surface area contributed by atoms with Crippen molar-refractivity contribution in [1.29, 1.82) is 0 Å². The minimum atomic E-state index is 0.486. The highest BCUT2D eigenvalue weighted by molar-refractivity contribution is 7.99. The summed E-state index contributed by atoms with van der Waals surface area (Å²) in [7, 11) is 0. The van der Waals surface area contributed by atoms with E-state index < -0.39 is 0 Å². The number of hydrogen-bond acceptors (Lipinski definition) is 4. The molecule has 0 bridgehead atoms. The van der Waals surface area contributed by atoms with Crippen molar-refractivity contribution in [2.75, 3.05) is 19.0 Å². The van der Waals surface area contributed by atoms with Crippen molar-refractivity contribution in [1.82, 2.24) is 5.43 Å². The maximum absolute atomic E-state index is 5.71. The van der Waals surface area contributed by atoms with Gasteiger partial charge in [-0.15, -0.1) is 0 Å². The summed E-state index contributed by atoms with van der Waals surface area (Å²) in [4.78, 5) is 0. The van der Waals surface area contributed by atoms with E-state index in [-0.39, 0.29) is 0 Å². The minimum absolute atomic E-state index is 0.486. The van der Waals surface area contributed by atoms with Crippen LogP contribution in [-0.2, 0) is 4.74 Å². The van der Waals surface area contributed by atoms with Gasteiger partial charge in [-0.1, -0.05) is 19.3 Å². The molecule has 1 unspecified atom stereocenters. The Bertz CT molecular complexity index is 216. The molecular weight excluding hydrogens is 244 g/mol. The van der Waals surface area contributed by atoms with E-state index in [4.69, 9.17) is 10.6 Å². The van der Waals surface area contributed by atoms with Gasteiger partial charge in [0, 0.05) is 30.3 Å². The van der Waals surface area contributed by atoms with Crippen LogP contribution in [0, 0.1) is 5.92 Å². The summed E-state index contributed by atoms with van der Waals surface area (Å²) >= 11 is 2.14. The van der Waals surface area contributed by atoms with Gasteiger partial charge in [-0.25, -0.2) is 0 Å². The molecule has 1 saturated carbocycles. The molecule has 1 aliphatic heterocycles. The number of rotatable bonds is 6. The monoisotopic (exact) mass is 272 g/mol. The molecule has 0 radical (unpaired) electrons. The largest absolute Gasteiger partial charge is 0.381 e. The summed E-state index contributed by atoms with van der Waals surface area (Å²) in [5, 5.41) is 0.893. The quantitative estimate of drug-likeness (QED) is 0.576.